The molecule has 3 nitrogen and oxygen atoms in total. The molecule has 0 atom stereocenters. The predicted molar refractivity (Wildman–Crippen MR) is 276 cm³/mol. The number of aryl methyl sites for hydroxylation is 1. The molecule has 0 aromatic heterocycles. The fraction of sp³-hybridized carbons (Fsp3) is 0.136. The molecule has 0 saturated carbocycles. The topological polar surface area (TPSA) is 61.9 Å². The number of hydrogen-bond donors (Lipinski definition) is 3. The Balaban J connectivity index is 0.000000234. The molecule has 0 unspecified atom stereocenters. The van der Waals surface area contributed by atoms with Crippen molar-refractivity contribution in [3.8, 4) is 11.1 Å². The van der Waals surface area contributed by atoms with Crippen molar-refractivity contribution >= 4 is 28.2 Å². The lowest BCUT2D eigenvalue weighted by Gasteiger charge is -2.05. The normalized spacial score (nSPS) is 11.7. The molecule has 0 heterocycles. The highest BCUT2D eigenvalue weighted by molar-refractivity contribution is 6.10. The minimum absolute atomic E-state index is 0.418. The monoisotopic (exact) mass is 816 g/mol. The molecule has 4 N–H and O–H groups in total. The quantitative estimate of drug-likeness (QED) is 0.0851. The van der Waals surface area contributed by atoms with E-state index in [1.165, 1.54) is 44.5 Å². The Kier molecular flexibility index (Phi) is 23.0. The van der Waals surface area contributed by atoms with Crippen LogP contribution in [0.4, 0.5) is 5.69 Å². The van der Waals surface area contributed by atoms with Crippen LogP contribution in [0.3, 0.4) is 0 Å². The van der Waals surface area contributed by atoms with Gasteiger partial charge in [0.1, 0.15) is 0 Å². The zero-order valence-corrected chi connectivity index (χ0v) is 37.7. The molecule has 0 aliphatic heterocycles. The summed E-state index contributed by atoms with van der Waals surface area (Å²) in [6.07, 6.45) is 23.5. The number of benzene rings is 6. The molecule has 0 saturated heterocycles. The van der Waals surface area contributed by atoms with Gasteiger partial charge in [0.2, 0.25) is 0 Å². The van der Waals surface area contributed by atoms with Crippen molar-refractivity contribution in [1.29, 1.82) is 5.41 Å². The summed E-state index contributed by atoms with van der Waals surface area (Å²) in [5.74, 6) is 0. The van der Waals surface area contributed by atoms with Crippen molar-refractivity contribution in [2.24, 2.45) is 5.73 Å². The van der Waals surface area contributed by atoms with Gasteiger partial charge in [0.15, 0.2) is 0 Å². The van der Waals surface area contributed by atoms with Gasteiger partial charge in [-0.25, -0.2) is 0 Å². The van der Waals surface area contributed by atoms with Gasteiger partial charge >= 0.3 is 0 Å². The lowest BCUT2D eigenvalue weighted by molar-refractivity contribution is 1.26. The molecule has 0 spiro atoms. The van der Waals surface area contributed by atoms with Crippen LogP contribution >= 0.6 is 0 Å². The molecular formula is C59H65N3. The molecule has 6 aromatic carbocycles. The first kappa shape index (κ1) is 49.1. The summed E-state index contributed by atoms with van der Waals surface area (Å²) in [6.45, 7) is 12.3. The summed E-state index contributed by atoms with van der Waals surface area (Å²) in [5, 5.41) is 11.1. The van der Waals surface area contributed by atoms with Crippen LogP contribution < -0.4 is 11.1 Å². The highest BCUT2D eigenvalue weighted by Crippen LogP contribution is 2.23. The Morgan fingerprint density at radius 2 is 0.984 bits per heavy atom. The van der Waals surface area contributed by atoms with E-state index in [-0.39, 0.29) is 0 Å². The van der Waals surface area contributed by atoms with Gasteiger partial charge in [0, 0.05) is 18.4 Å². The molecule has 316 valence electrons. The van der Waals surface area contributed by atoms with Crippen molar-refractivity contribution in [1.82, 2.24) is 0 Å². The molecule has 62 heavy (non-hydrogen) atoms. The van der Waals surface area contributed by atoms with E-state index < -0.39 is 0 Å². The minimum Gasteiger partial charge on any atom is -0.398 e. The zero-order chi connectivity index (χ0) is 44.8. The van der Waals surface area contributed by atoms with Gasteiger partial charge in [0.25, 0.3) is 0 Å². The fourth-order valence-corrected chi connectivity index (χ4v) is 6.08. The lowest BCUT2D eigenvalue weighted by atomic mass is 10.00. The maximum atomic E-state index is 8.11. The van der Waals surface area contributed by atoms with Crippen molar-refractivity contribution in [3.05, 3.63) is 264 Å². The number of anilines is 1. The highest BCUT2D eigenvalue weighted by atomic mass is 14.8. The molecule has 0 aliphatic rings. The van der Waals surface area contributed by atoms with Crippen LogP contribution in [0.2, 0.25) is 0 Å². The Bertz CT molecular complexity index is 2370. The maximum absolute atomic E-state index is 8.11. The average molecular weight is 816 g/mol. The Morgan fingerprint density at radius 1 is 0.516 bits per heavy atom. The van der Waals surface area contributed by atoms with Gasteiger partial charge in [-0.05, 0) is 116 Å². The van der Waals surface area contributed by atoms with E-state index in [9.17, 15) is 0 Å². The Hall–Kier alpha value is -7.23. The standard InChI is InChI=1S/C21H22N2.C18H18.C13H16.C7H9N/c1-2-3-4-6-9-17-12-14-19(15-13-17)21(23)16-20(22)18-10-7-5-8-11-18;1-3-8-15(4-2)17-11-13-18(14-12-17)16-9-6-5-7-10-16;1-4-6-12(5-2)13-9-7-11(3)8-10-13;1-8-7-5-3-2-4-6-7/h2-8,10-16,22H,9,23H2,1H3;3-14H,1-2H3;4-10H,1-3H3;2-6,8H,1H3/b3-2-,6-4-,21-16-,22-20?;8-3-,15-4+;6-4-,12-5+;. The minimum atomic E-state index is 0.418. The smallest absolute Gasteiger partial charge is 0.0632 e. The molecule has 6 rings (SSSR count). The van der Waals surface area contributed by atoms with Crippen LogP contribution in [0.1, 0.15) is 68.0 Å². The second-order valence-corrected chi connectivity index (χ2v) is 14.1. The molecule has 3 heteroatoms. The van der Waals surface area contributed by atoms with Gasteiger partial charge in [0.05, 0.1) is 5.71 Å². The van der Waals surface area contributed by atoms with E-state index in [4.69, 9.17) is 11.1 Å². The molecule has 6 aromatic rings. The van der Waals surface area contributed by atoms with Crippen LogP contribution in [0, 0.1) is 12.3 Å². The summed E-state index contributed by atoms with van der Waals surface area (Å²) in [7, 11) is 1.91. The van der Waals surface area contributed by atoms with Crippen molar-refractivity contribution < 1.29 is 0 Å². The molecule has 0 amide bonds. The number of nitrogens with two attached hydrogens (primary N) is 1. The van der Waals surface area contributed by atoms with Crippen LogP contribution in [-0.4, -0.2) is 12.8 Å². The molecular weight excluding hydrogens is 751 g/mol. The van der Waals surface area contributed by atoms with E-state index in [0.717, 1.165) is 23.2 Å². The number of para-hydroxylation sites is 1. The zero-order valence-electron chi connectivity index (χ0n) is 37.7. The fourth-order valence-electron chi connectivity index (χ4n) is 6.08. The summed E-state index contributed by atoms with van der Waals surface area (Å²) in [5.41, 5.74) is 20.3. The largest absolute Gasteiger partial charge is 0.398 e. The van der Waals surface area contributed by atoms with E-state index in [2.05, 4.69) is 154 Å². The van der Waals surface area contributed by atoms with Gasteiger partial charge in [-0.2, -0.15) is 0 Å². The van der Waals surface area contributed by atoms with E-state index in [1.807, 2.05) is 125 Å². The molecule has 0 aliphatic carbocycles. The Morgan fingerprint density at radius 3 is 1.45 bits per heavy atom. The summed E-state index contributed by atoms with van der Waals surface area (Å²) < 4.78 is 0. The molecule has 0 fully saturated rings. The summed E-state index contributed by atoms with van der Waals surface area (Å²) in [4.78, 5) is 0. The summed E-state index contributed by atoms with van der Waals surface area (Å²) in [6, 6.07) is 55.6. The van der Waals surface area contributed by atoms with Crippen LogP contribution in [-0.2, 0) is 6.42 Å². The number of allylic oxidation sites excluding steroid dienone is 13. The van der Waals surface area contributed by atoms with E-state index >= 15 is 0 Å². The number of hydrogen-bond acceptors (Lipinski definition) is 3. The van der Waals surface area contributed by atoms with Gasteiger partial charge in [-0.1, -0.05) is 218 Å². The summed E-state index contributed by atoms with van der Waals surface area (Å²) >= 11 is 0. The third-order valence-corrected chi connectivity index (χ3v) is 9.55. The van der Waals surface area contributed by atoms with Gasteiger partial charge in [-0.3, -0.25) is 0 Å². The van der Waals surface area contributed by atoms with Crippen molar-refractivity contribution in [3.63, 3.8) is 0 Å². The van der Waals surface area contributed by atoms with Crippen LogP contribution in [0.5, 0.6) is 0 Å². The van der Waals surface area contributed by atoms with Crippen LogP contribution in [0.25, 0.3) is 28.0 Å². The maximum Gasteiger partial charge on any atom is 0.0632 e. The highest BCUT2D eigenvalue weighted by Gasteiger charge is 2.02. The van der Waals surface area contributed by atoms with E-state index in [0.29, 0.717) is 11.4 Å². The molecule has 0 bridgehead atoms. The Labute approximate surface area is 373 Å². The van der Waals surface area contributed by atoms with Crippen LogP contribution in [0.15, 0.2) is 231 Å². The van der Waals surface area contributed by atoms with Crippen molar-refractivity contribution in [2.45, 2.75) is 48.0 Å². The van der Waals surface area contributed by atoms with Gasteiger partial charge < -0.3 is 16.5 Å². The first-order valence-electron chi connectivity index (χ1n) is 21.3. The first-order valence-corrected chi connectivity index (χ1v) is 21.3. The molecule has 0 radical (unpaired) electrons. The SMILES string of the molecule is C/C=C\C(=C/C)c1ccc(-c2ccccc2)cc1.C/C=C\C(=C/C)c1ccc(C)cc1.C/C=C\C=C/Cc1ccc(/C(N)=C/C(=N)c2ccccc2)cc1.CNc1ccccc1. The third kappa shape index (κ3) is 17.9. The van der Waals surface area contributed by atoms with Crippen molar-refractivity contribution in [2.75, 3.05) is 12.4 Å². The first-order chi connectivity index (χ1) is 30.3. The second-order valence-electron chi connectivity index (χ2n) is 14.1. The average Bonchev–Trinajstić information content (AvgIpc) is 3.33. The second kappa shape index (κ2) is 29.1. The number of rotatable bonds is 12. The van der Waals surface area contributed by atoms with Gasteiger partial charge in [-0.15, -0.1) is 0 Å². The predicted octanol–water partition coefficient (Wildman–Crippen LogP) is 15.8. The van der Waals surface area contributed by atoms with E-state index in [1.54, 1.807) is 6.08 Å². The number of nitrogens with one attached hydrogen (secondary N) is 2. The third-order valence-electron chi connectivity index (χ3n) is 9.55. The lowest BCUT2D eigenvalue weighted by Crippen LogP contribution is -2.02.